The number of benzene rings is 2. The van der Waals surface area contributed by atoms with E-state index in [0.717, 1.165) is 16.9 Å². The van der Waals surface area contributed by atoms with E-state index in [4.69, 9.17) is 4.74 Å². The van der Waals surface area contributed by atoms with Gasteiger partial charge in [0, 0.05) is 13.0 Å². The maximum Gasteiger partial charge on any atom is 0.274 e. The van der Waals surface area contributed by atoms with Crippen molar-refractivity contribution in [2.24, 2.45) is 0 Å². The van der Waals surface area contributed by atoms with E-state index in [0.29, 0.717) is 31.0 Å². The summed E-state index contributed by atoms with van der Waals surface area (Å²) in [6.45, 7) is 0.550. The Labute approximate surface area is 150 Å². The highest BCUT2D eigenvalue weighted by Crippen LogP contribution is 2.12. The molecular formula is C19H19FN4O2. The zero-order valence-corrected chi connectivity index (χ0v) is 14.3. The van der Waals surface area contributed by atoms with Crippen LogP contribution in [0, 0.1) is 5.82 Å². The van der Waals surface area contributed by atoms with Gasteiger partial charge in [-0.25, -0.2) is 4.39 Å². The minimum absolute atomic E-state index is 0.260. The Bertz CT molecular complexity index is 908. The van der Waals surface area contributed by atoms with Crippen molar-refractivity contribution in [1.29, 1.82) is 0 Å². The predicted octanol–water partition coefficient (Wildman–Crippen LogP) is 2.56. The van der Waals surface area contributed by atoms with Gasteiger partial charge in [-0.05, 0) is 41.8 Å². The van der Waals surface area contributed by atoms with Gasteiger partial charge >= 0.3 is 0 Å². The Morgan fingerprint density at radius 3 is 2.38 bits per heavy atom. The molecular weight excluding hydrogens is 335 g/mol. The summed E-state index contributed by atoms with van der Waals surface area (Å²) in [5.74, 6) is 0.814. The SMILES string of the molecule is COc1ccc(Cc2nnc(NCCc3ccc(F)cc3)[nH]c2=O)cc1. The van der Waals surface area contributed by atoms with E-state index >= 15 is 0 Å². The average molecular weight is 354 g/mol. The van der Waals surface area contributed by atoms with E-state index < -0.39 is 0 Å². The smallest absolute Gasteiger partial charge is 0.274 e. The lowest BCUT2D eigenvalue weighted by molar-refractivity contribution is 0.414. The third kappa shape index (κ3) is 4.66. The van der Waals surface area contributed by atoms with Crippen molar-refractivity contribution in [3.8, 4) is 5.75 Å². The van der Waals surface area contributed by atoms with Crippen molar-refractivity contribution in [3.63, 3.8) is 0 Å². The molecule has 1 aromatic heterocycles. The molecule has 7 heteroatoms. The molecule has 0 radical (unpaired) electrons. The number of hydrogen-bond acceptors (Lipinski definition) is 5. The highest BCUT2D eigenvalue weighted by Gasteiger charge is 2.06. The first-order chi connectivity index (χ1) is 12.6. The average Bonchev–Trinajstić information content (AvgIpc) is 2.66. The van der Waals surface area contributed by atoms with Crippen LogP contribution in [0.25, 0.3) is 0 Å². The maximum absolute atomic E-state index is 12.9. The third-order valence-corrected chi connectivity index (χ3v) is 3.91. The normalized spacial score (nSPS) is 10.5. The van der Waals surface area contributed by atoms with E-state index in [1.807, 2.05) is 24.3 Å². The number of methoxy groups -OCH3 is 1. The van der Waals surface area contributed by atoms with Crippen LogP contribution in [0.3, 0.4) is 0 Å². The molecule has 0 unspecified atom stereocenters. The Balaban J connectivity index is 1.58. The lowest BCUT2D eigenvalue weighted by Crippen LogP contribution is -2.20. The Hall–Kier alpha value is -3.22. The Kier molecular flexibility index (Phi) is 5.58. The van der Waals surface area contributed by atoms with Crippen LogP contribution in [-0.4, -0.2) is 28.8 Å². The summed E-state index contributed by atoms with van der Waals surface area (Å²) in [6, 6.07) is 13.7. The highest BCUT2D eigenvalue weighted by atomic mass is 19.1. The summed E-state index contributed by atoms with van der Waals surface area (Å²) in [6.07, 6.45) is 1.07. The second-order valence-corrected chi connectivity index (χ2v) is 5.78. The van der Waals surface area contributed by atoms with E-state index in [-0.39, 0.29) is 11.4 Å². The molecule has 0 saturated carbocycles. The minimum Gasteiger partial charge on any atom is -0.497 e. The van der Waals surface area contributed by atoms with Crippen LogP contribution in [0.15, 0.2) is 53.3 Å². The van der Waals surface area contributed by atoms with Crippen LogP contribution in [0.4, 0.5) is 10.3 Å². The summed E-state index contributed by atoms with van der Waals surface area (Å²) < 4.78 is 18.0. The van der Waals surface area contributed by atoms with Gasteiger partial charge in [0.05, 0.1) is 7.11 Å². The fraction of sp³-hybridized carbons (Fsp3) is 0.211. The van der Waals surface area contributed by atoms with Crippen molar-refractivity contribution in [3.05, 3.63) is 81.5 Å². The van der Waals surface area contributed by atoms with Gasteiger partial charge in [0.2, 0.25) is 5.95 Å². The molecule has 0 spiro atoms. The molecule has 0 bridgehead atoms. The second-order valence-electron chi connectivity index (χ2n) is 5.78. The fourth-order valence-corrected chi connectivity index (χ4v) is 2.47. The molecule has 2 N–H and O–H groups in total. The molecule has 1 heterocycles. The zero-order valence-electron chi connectivity index (χ0n) is 14.3. The molecule has 3 aromatic rings. The number of hydrogen-bond donors (Lipinski definition) is 2. The number of aromatic amines is 1. The van der Waals surface area contributed by atoms with E-state index in [9.17, 15) is 9.18 Å². The number of nitrogens with one attached hydrogen (secondary N) is 2. The van der Waals surface area contributed by atoms with Gasteiger partial charge in [-0.3, -0.25) is 9.78 Å². The summed E-state index contributed by atoms with van der Waals surface area (Å²) in [5, 5.41) is 11.0. The molecule has 0 amide bonds. The number of rotatable bonds is 7. The molecule has 0 aliphatic carbocycles. The lowest BCUT2D eigenvalue weighted by atomic mass is 10.1. The number of anilines is 1. The van der Waals surface area contributed by atoms with Gasteiger partial charge in [-0.15, -0.1) is 10.2 Å². The van der Waals surface area contributed by atoms with Crippen LogP contribution in [-0.2, 0) is 12.8 Å². The largest absolute Gasteiger partial charge is 0.497 e. The first kappa shape index (κ1) is 17.6. The summed E-state index contributed by atoms with van der Waals surface area (Å²) >= 11 is 0. The maximum atomic E-state index is 12.9. The minimum atomic E-state index is -0.278. The molecule has 3 rings (SSSR count). The van der Waals surface area contributed by atoms with Gasteiger partial charge in [-0.2, -0.15) is 0 Å². The summed E-state index contributed by atoms with van der Waals surface area (Å²) in [7, 11) is 1.60. The van der Waals surface area contributed by atoms with Crippen molar-refractivity contribution < 1.29 is 9.13 Å². The van der Waals surface area contributed by atoms with Gasteiger partial charge in [0.25, 0.3) is 5.56 Å². The predicted molar refractivity (Wildman–Crippen MR) is 97.0 cm³/mol. The lowest BCUT2D eigenvalue weighted by Gasteiger charge is -2.06. The van der Waals surface area contributed by atoms with Crippen molar-refractivity contribution >= 4 is 5.95 Å². The van der Waals surface area contributed by atoms with E-state index in [2.05, 4.69) is 20.5 Å². The zero-order chi connectivity index (χ0) is 18.4. The molecule has 0 aliphatic rings. The van der Waals surface area contributed by atoms with E-state index in [1.165, 1.54) is 12.1 Å². The second kappa shape index (κ2) is 8.24. The van der Waals surface area contributed by atoms with Gasteiger partial charge in [-0.1, -0.05) is 24.3 Å². The Morgan fingerprint density at radius 1 is 1.04 bits per heavy atom. The summed E-state index contributed by atoms with van der Waals surface area (Å²) in [4.78, 5) is 14.9. The monoisotopic (exact) mass is 354 g/mol. The van der Waals surface area contributed by atoms with Crippen LogP contribution in [0.1, 0.15) is 16.8 Å². The fourth-order valence-electron chi connectivity index (χ4n) is 2.47. The number of H-pyrrole nitrogens is 1. The van der Waals surface area contributed by atoms with Gasteiger partial charge in [0.1, 0.15) is 17.3 Å². The molecule has 0 saturated heterocycles. The molecule has 0 atom stereocenters. The van der Waals surface area contributed by atoms with Crippen LogP contribution < -0.4 is 15.6 Å². The topological polar surface area (TPSA) is 79.9 Å². The number of halogens is 1. The van der Waals surface area contributed by atoms with Crippen molar-refractivity contribution in [1.82, 2.24) is 15.2 Å². The molecule has 2 aromatic carbocycles. The first-order valence-electron chi connectivity index (χ1n) is 8.21. The Morgan fingerprint density at radius 2 is 1.73 bits per heavy atom. The number of nitrogens with zero attached hydrogens (tertiary/aromatic N) is 2. The first-order valence-corrected chi connectivity index (χ1v) is 8.21. The number of ether oxygens (including phenoxy) is 1. The third-order valence-electron chi connectivity index (χ3n) is 3.91. The van der Waals surface area contributed by atoms with Crippen molar-refractivity contribution in [2.75, 3.05) is 19.0 Å². The highest BCUT2D eigenvalue weighted by molar-refractivity contribution is 5.30. The molecule has 0 aliphatic heterocycles. The standard InChI is InChI=1S/C19H19FN4O2/c1-26-16-8-4-14(5-9-16)12-17-18(25)22-19(24-23-17)21-11-10-13-2-6-15(20)7-3-13/h2-9H,10-12H2,1H3,(H2,21,22,24,25). The quantitative estimate of drug-likeness (QED) is 0.682. The molecule has 6 nitrogen and oxygen atoms in total. The molecule has 26 heavy (non-hydrogen) atoms. The van der Waals surface area contributed by atoms with E-state index in [1.54, 1.807) is 19.2 Å². The van der Waals surface area contributed by atoms with Crippen LogP contribution in [0.5, 0.6) is 5.75 Å². The van der Waals surface area contributed by atoms with Crippen LogP contribution in [0.2, 0.25) is 0 Å². The number of aromatic nitrogens is 3. The van der Waals surface area contributed by atoms with Crippen molar-refractivity contribution in [2.45, 2.75) is 12.8 Å². The molecule has 134 valence electrons. The van der Waals surface area contributed by atoms with Crippen LogP contribution >= 0.6 is 0 Å². The van der Waals surface area contributed by atoms with Gasteiger partial charge < -0.3 is 10.1 Å². The summed E-state index contributed by atoms with van der Waals surface area (Å²) in [5.41, 5.74) is 2.01. The molecule has 0 fully saturated rings. The van der Waals surface area contributed by atoms with Gasteiger partial charge in [0.15, 0.2) is 0 Å².